The molecule has 19 N–H and O–H groups in total. The number of nitrogens with zero attached hydrogens (tertiary/aromatic N) is 3. The Kier molecular flexibility index (Phi) is 27.7. The van der Waals surface area contributed by atoms with Gasteiger partial charge in [0.2, 0.25) is 59.1 Å². The number of hydrogen-bond donors (Lipinski definition) is 13. The predicted molar refractivity (Wildman–Crippen MR) is 298 cm³/mol. The molecule has 0 aromatic heterocycles. The van der Waals surface area contributed by atoms with Gasteiger partial charge in [-0.1, -0.05) is 70.2 Å². The van der Waals surface area contributed by atoms with Gasteiger partial charge >= 0.3 is 0 Å². The molecule has 0 aliphatic carbocycles. The van der Waals surface area contributed by atoms with Crippen molar-refractivity contribution in [3.05, 3.63) is 65.7 Å². The van der Waals surface area contributed by atoms with Crippen molar-refractivity contribution in [3.8, 4) is 5.75 Å². The lowest BCUT2D eigenvalue weighted by molar-refractivity contribution is -0.143. The Morgan fingerprint density at radius 3 is 1.65 bits per heavy atom. The molecule has 1 fully saturated rings. The lowest BCUT2D eigenvalue weighted by Gasteiger charge is -2.31. The summed E-state index contributed by atoms with van der Waals surface area (Å²) in [4.78, 5) is 145. The first kappa shape index (κ1) is 65.8. The lowest BCUT2D eigenvalue weighted by atomic mass is 9.99. The number of likely N-dealkylation sites (tertiary alicyclic amines) is 1. The SMILES string of the molecule is CCOc1ccc(C[C@@H](NC(=O)CC)C(=O)N[C@@H](Cc2ccccc2)C(=O)N[C@H](C(=O)N[C@@H](CC(N)=O)C(=O)N[C@@H](CC)C(=O)N2CCC[C@H]2C(=O)N[C@@H](CCCN=C(N)N)C(=O)N[C@@H](CCCN=C(N)N)C(N)=O)C(C)C)cc1. The van der Waals surface area contributed by atoms with Gasteiger partial charge in [-0.15, -0.1) is 0 Å². The van der Waals surface area contributed by atoms with Gasteiger partial charge in [0.05, 0.1) is 13.0 Å². The highest BCUT2D eigenvalue weighted by molar-refractivity contribution is 5.99. The van der Waals surface area contributed by atoms with Gasteiger partial charge in [0.1, 0.15) is 54.1 Å². The highest BCUT2D eigenvalue weighted by Gasteiger charge is 2.40. The molecule has 2 aromatic carbocycles. The second-order valence-electron chi connectivity index (χ2n) is 19.5. The molecule has 0 saturated carbocycles. The fourth-order valence-corrected chi connectivity index (χ4v) is 8.64. The van der Waals surface area contributed by atoms with Gasteiger partial charge in [-0.3, -0.25) is 57.9 Å². The number of amides is 10. The Balaban J connectivity index is 1.82. The molecule has 0 spiro atoms. The van der Waals surface area contributed by atoms with Crippen molar-refractivity contribution in [1.29, 1.82) is 0 Å². The van der Waals surface area contributed by atoms with Crippen LogP contribution in [0.3, 0.4) is 0 Å². The van der Waals surface area contributed by atoms with Crippen LogP contribution in [0.25, 0.3) is 0 Å². The summed E-state index contributed by atoms with van der Waals surface area (Å²) < 4.78 is 5.54. The minimum Gasteiger partial charge on any atom is -0.494 e. The van der Waals surface area contributed by atoms with E-state index >= 15 is 0 Å². The second kappa shape index (κ2) is 33.7. The highest BCUT2D eigenvalue weighted by atomic mass is 16.5. The van der Waals surface area contributed by atoms with Crippen LogP contribution in [0.2, 0.25) is 0 Å². The number of ether oxygens (including phenoxy) is 1. The van der Waals surface area contributed by atoms with Crippen LogP contribution in [0.15, 0.2) is 64.6 Å². The van der Waals surface area contributed by atoms with Crippen LogP contribution >= 0.6 is 0 Å². The zero-order valence-corrected chi connectivity index (χ0v) is 46.3. The Morgan fingerprint density at radius 2 is 1.11 bits per heavy atom. The lowest BCUT2D eigenvalue weighted by Crippen LogP contribution is -2.61. The first-order valence-electron chi connectivity index (χ1n) is 26.8. The van der Waals surface area contributed by atoms with Gasteiger partial charge in [0.25, 0.3) is 0 Å². The molecule has 27 nitrogen and oxygen atoms in total. The van der Waals surface area contributed by atoms with Crippen molar-refractivity contribution >= 4 is 71.0 Å². The molecular formula is C53H82N16O11. The van der Waals surface area contributed by atoms with Gasteiger partial charge in [-0.2, -0.15) is 0 Å². The Morgan fingerprint density at radius 1 is 0.600 bits per heavy atom. The van der Waals surface area contributed by atoms with Crippen molar-refractivity contribution < 1.29 is 52.7 Å². The number of nitrogens with two attached hydrogens (primary N) is 6. The van der Waals surface area contributed by atoms with E-state index in [0.717, 1.165) is 0 Å². The maximum absolute atomic E-state index is 14.3. The first-order chi connectivity index (χ1) is 38.0. The number of rotatable bonds is 34. The quantitative estimate of drug-likeness (QED) is 0.0191. The summed E-state index contributed by atoms with van der Waals surface area (Å²) in [6.07, 6.45) is 0.518. The zero-order valence-electron chi connectivity index (χ0n) is 46.3. The molecule has 1 heterocycles. The third kappa shape index (κ3) is 22.4. The summed E-state index contributed by atoms with van der Waals surface area (Å²) >= 11 is 0. The fourth-order valence-electron chi connectivity index (χ4n) is 8.64. The normalized spacial score (nSPS) is 15.4. The summed E-state index contributed by atoms with van der Waals surface area (Å²) in [5, 5.41) is 18.6. The average molecular weight is 1120 g/mol. The minimum atomic E-state index is -1.66. The van der Waals surface area contributed by atoms with E-state index in [1.807, 2.05) is 6.92 Å². The van der Waals surface area contributed by atoms with Gasteiger partial charge < -0.3 is 81.3 Å². The molecule has 10 amide bonds. The van der Waals surface area contributed by atoms with Crippen LogP contribution in [-0.4, -0.2) is 150 Å². The van der Waals surface area contributed by atoms with Gasteiger partial charge in [-0.05, 0) is 81.0 Å². The summed E-state index contributed by atoms with van der Waals surface area (Å²) in [5.74, 6) is -8.07. The Bertz CT molecular complexity index is 2490. The first-order valence-corrected chi connectivity index (χ1v) is 26.8. The van der Waals surface area contributed by atoms with Crippen LogP contribution in [0.1, 0.15) is 104 Å². The standard InChI is InChI=1S/C53H82N16O11/c1-6-34(51(79)69-26-14-19-40(69)49(77)65-36(18-13-25-61-53(58)59)45(73)64-35(44(55)72)17-12-24-60-52(56)57)63-47(75)39(29-41(54)70)67-50(78)43(30(4)5)68-48(76)38(27-31-15-10-9-11-16-31)66-46(74)37(62-42(71)7-2)28-32-20-22-33(23-21-32)80-8-3/h9-11,15-16,20-23,30,34-40,43H,6-8,12-14,17-19,24-29H2,1-5H3,(H2,54,70)(H2,55,72)(H,62,71)(H,63,75)(H,64,73)(H,65,77)(H,66,74)(H,67,78)(H,68,76)(H4,56,57,60)(H4,58,59,61)/t34-,35-,36-,37+,38-,39-,40-,43-/m0/s1. The topological polar surface area (TPSA) is 448 Å². The molecule has 80 heavy (non-hydrogen) atoms. The zero-order chi connectivity index (χ0) is 59.5. The van der Waals surface area contributed by atoms with Crippen LogP contribution < -0.4 is 76.4 Å². The number of carbonyl (C=O) groups excluding carboxylic acids is 10. The van der Waals surface area contributed by atoms with Gasteiger partial charge in [-0.25, -0.2) is 0 Å². The predicted octanol–water partition coefficient (Wildman–Crippen LogP) is -2.80. The number of aliphatic imine (C=N–C) groups is 2. The highest BCUT2D eigenvalue weighted by Crippen LogP contribution is 2.21. The molecule has 27 heteroatoms. The second-order valence-corrected chi connectivity index (χ2v) is 19.5. The van der Waals surface area contributed by atoms with E-state index in [-0.39, 0.29) is 89.3 Å². The molecule has 3 rings (SSSR count). The summed E-state index contributed by atoms with van der Waals surface area (Å²) in [7, 11) is 0. The van der Waals surface area contributed by atoms with Crippen LogP contribution in [0.4, 0.5) is 0 Å². The molecule has 0 radical (unpaired) electrons. The Labute approximate surface area is 466 Å². The van der Waals surface area contributed by atoms with E-state index in [9.17, 15) is 47.9 Å². The van der Waals surface area contributed by atoms with Crippen molar-refractivity contribution in [2.45, 2.75) is 154 Å². The molecule has 0 unspecified atom stereocenters. The van der Waals surface area contributed by atoms with Gasteiger partial charge in [0, 0.05) is 38.9 Å². The largest absolute Gasteiger partial charge is 0.494 e. The number of guanidine groups is 2. The van der Waals surface area contributed by atoms with E-state index < -0.39 is 120 Å². The van der Waals surface area contributed by atoms with Crippen LogP contribution in [-0.2, 0) is 60.8 Å². The number of carbonyl (C=O) groups is 10. The van der Waals surface area contributed by atoms with E-state index in [1.165, 1.54) is 4.90 Å². The number of benzene rings is 2. The monoisotopic (exact) mass is 1120 g/mol. The van der Waals surface area contributed by atoms with E-state index in [1.54, 1.807) is 82.3 Å². The molecule has 2 aromatic rings. The molecular weight excluding hydrogens is 1040 g/mol. The fraction of sp³-hybridized carbons (Fsp3) is 0.547. The van der Waals surface area contributed by atoms with Crippen molar-refractivity contribution in [3.63, 3.8) is 0 Å². The average Bonchev–Trinajstić information content (AvgIpc) is 3.93. The Hall–Kier alpha value is -8.52. The third-order valence-corrected chi connectivity index (χ3v) is 12.9. The summed E-state index contributed by atoms with van der Waals surface area (Å²) in [6.45, 7) is 9.11. The van der Waals surface area contributed by atoms with Crippen LogP contribution in [0.5, 0.6) is 5.75 Å². The molecule has 1 saturated heterocycles. The molecule has 440 valence electrons. The van der Waals surface area contributed by atoms with Crippen molar-refractivity contribution in [1.82, 2.24) is 42.1 Å². The molecule has 1 aliphatic rings. The van der Waals surface area contributed by atoms with E-state index in [4.69, 9.17) is 39.1 Å². The van der Waals surface area contributed by atoms with Crippen molar-refractivity contribution in [2.24, 2.45) is 50.3 Å². The third-order valence-electron chi connectivity index (χ3n) is 12.9. The number of nitrogens with one attached hydrogen (secondary N) is 7. The summed E-state index contributed by atoms with van der Waals surface area (Å²) in [5.41, 5.74) is 34.2. The van der Waals surface area contributed by atoms with Crippen LogP contribution in [0, 0.1) is 5.92 Å². The maximum atomic E-state index is 14.3. The molecule has 1 aliphatic heterocycles. The van der Waals surface area contributed by atoms with E-state index in [2.05, 4.69) is 47.2 Å². The maximum Gasteiger partial charge on any atom is 0.245 e. The number of primary amides is 2. The van der Waals surface area contributed by atoms with E-state index in [0.29, 0.717) is 29.9 Å². The number of hydrogen-bond acceptors (Lipinski definition) is 13. The van der Waals surface area contributed by atoms with Gasteiger partial charge in [0.15, 0.2) is 11.9 Å². The molecule has 0 bridgehead atoms. The minimum absolute atomic E-state index is 0.00777. The smallest absolute Gasteiger partial charge is 0.245 e. The van der Waals surface area contributed by atoms with Crippen molar-refractivity contribution in [2.75, 3.05) is 26.2 Å². The summed E-state index contributed by atoms with van der Waals surface area (Å²) in [6, 6.07) is 5.58. The molecule has 8 atom stereocenters.